The van der Waals surface area contributed by atoms with Crippen molar-refractivity contribution in [3.63, 3.8) is 0 Å². The van der Waals surface area contributed by atoms with Gasteiger partial charge in [0.15, 0.2) is 0 Å². The minimum atomic E-state index is -0.593. The van der Waals surface area contributed by atoms with Crippen LogP contribution in [0.3, 0.4) is 0 Å². The molecule has 1 saturated heterocycles. The molecule has 0 amide bonds. The molecule has 2 unspecified atom stereocenters. The first kappa shape index (κ1) is 8.92. The quantitative estimate of drug-likeness (QED) is 0.555. The Balaban J connectivity index is 2.92. The summed E-state index contributed by atoms with van der Waals surface area (Å²) in [6, 6.07) is 0. The molecule has 11 heavy (non-hydrogen) atoms. The van der Waals surface area contributed by atoms with Gasteiger partial charge in [-0.2, -0.15) is 10.0 Å². The fourth-order valence-corrected chi connectivity index (χ4v) is 5.79. The molecule has 1 rings (SSSR count). The van der Waals surface area contributed by atoms with Crippen LogP contribution in [0.25, 0.3) is 0 Å². The summed E-state index contributed by atoms with van der Waals surface area (Å²) in [6.07, 6.45) is 2.17. The fourth-order valence-electron chi connectivity index (χ4n) is 1.82. The van der Waals surface area contributed by atoms with E-state index in [1.165, 1.54) is 0 Å². The average Bonchev–Trinajstić information content (AvgIpc) is 2.36. The summed E-state index contributed by atoms with van der Waals surface area (Å²) < 4.78 is 0.501. The molecular formula is C10H18S. The Bertz CT molecular complexity index is 203. The summed E-state index contributed by atoms with van der Waals surface area (Å²) in [5.74, 6) is 0. The molecule has 2 atom stereocenters. The zero-order valence-electron chi connectivity index (χ0n) is 7.92. The van der Waals surface area contributed by atoms with E-state index in [1.54, 1.807) is 0 Å². The highest BCUT2D eigenvalue weighted by molar-refractivity contribution is 8.45. The molecule has 1 heteroatoms. The topological polar surface area (TPSA) is 0 Å². The summed E-state index contributed by atoms with van der Waals surface area (Å²) >= 11 is 0. The molecule has 0 aromatic rings. The van der Waals surface area contributed by atoms with Crippen molar-refractivity contribution in [2.45, 2.75) is 37.7 Å². The maximum atomic E-state index is 3.95. The molecule has 0 saturated carbocycles. The van der Waals surface area contributed by atoms with Crippen LogP contribution in [0, 0.1) is 0 Å². The molecule has 0 N–H and O–H groups in total. The largest absolute Gasteiger partial charge is 0.192 e. The van der Waals surface area contributed by atoms with Crippen molar-refractivity contribution < 1.29 is 0 Å². The molecule has 0 radical (unpaired) electrons. The smallest absolute Gasteiger partial charge is 0.0123 e. The Morgan fingerprint density at radius 1 is 1.45 bits per heavy atom. The van der Waals surface area contributed by atoms with Crippen molar-refractivity contribution in [1.29, 1.82) is 0 Å². The Hall–Kier alpha value is -0.170. The van der Waals surface area contributed by atoms with Crippen molar-refractivity contribution in [3.05, 3.63) is 23.5 Å². The highest BCUT2D eigenvalue weighted by atomic mass is 32.3. The molecule has 0 nitrogen and oxygen atoms in total. The highest BCUT2D eigenvalue weighted by Crippen LogP contribution is 2.83. The van der Waals surface area contributed by atoms with Gasteiger partial charge in [-0.3, -0.25) is 0 Å². The molecule has 0 aromatic carbocycles. The molecule has 1 aliphatic rings. The Morgan fingerprint density at radius 2 is 1.91 bits per heavy atom. The Morgan fingerprint density at radius 3 is 2.00 bits per heavy atom. The van der Waals surface area contributed by atoms with Gasteiger partial charge in [0, 0.05) is 10.00 Å². The van der Waals surface area contributed by atoms with Crippen molar-refractivity contribution in [1.82, 2.24) is 0 Å². The maximum absolute atomic E-state index is 3.95. The summed E-state index contributed by atoms with van der Waals surface area (Å²) in [6.45, 7) is 13.1. The third-order valence-electron chi connectivity index (χ3n) is 3.06. The van der Waals surface area contributed by atoms with Gasteiger partial charge in [0.05, 0.1) is 0 Å². The van der Waals surface area contributed by atoms with E-state index in [4.69, 9.17) is 0 Å². The van der Waals surface area contributed by atoms with E-state index < -0.39 is 10.0 Å². The number of hydrogen-bond acceptors (Lipinski definition) is 0. The summed E-state index contributed by atoms with van der Waals surface area (Å²) in [5.41, 5.74) is 0. The predicted octanol–water partition coefficient (Wildman–Crippen LogP) is 3.65. The van der Waals surface area contributed by atoms with E-state index in [-0.39, 0.29) is 0 Å². The molecule has 0 aromatic heterocycles. The first-order valence-electron chi connectivity index (χ1n) is 4.10. The van der Waals surface area contributed by atoms with E-state index in [2.05, 4.69) is 51.2 Å². The van der Waals surface area contributed by atoms with Crippen LogP contribution in [0.2, 0.25) is 0 Å². The van der Waals surface area contributed by atoms with Gasteiger partial charge in [0.1, 0.15) is 0 Å². The molecular weight excluding hydrogens is 152 g/mol. The molecule has 1 aliphatic heterocycles. The van der Waals surface area contributed by atoms with Crippen molar-refractivity contribution in [2.75, 3.05) is 0 Å². The lowest BCUT2D eigenvalue weighted by molar-refractivity contribution is 0.801. The second-order valence-corrected chi connectivity index (χ2v) is 7.53. The lowest BCUT2D eigenvalue weighted by Crippen LogP contribution is -1.98. The second kappa shape index (κ2) is 2.41. The van der Waals surface area contributed by atoms with Crippen LogP contribution in [-0.2, 0) is 0 Å². The molecule has 1 fully saturated rings. The van der Waals surface area contributed by atoms with E-state index in [1.807, 2.05) is 0 Å². The van der Waals surface area contributed by atoms with Crippen molar-refractivity contribution in [3.8, 4) is 0 Å². The number of rotatable bonds is 2. The second-order valence-electron chi connectivity index (χ2n) is 3.64. The minimum Gasteiger partial charge on any atom is -0.192 e. The molecule has 64 valence electrons. The van der Waals surface area contributed by atoms with Gasteiger partial charge in [-0.1, -0.05) is 33.4 Å². The van der Waals surface area contributed by atoms with Crippen LogP contribution < -0.4 is 0 Å². The van der Waals surface area contributed by atoms with Gasteiger partial charge in [0.2, 0.25) is 0 Å². The van der Waals surface area contributed by atoms with Crippen LogP contribution in [0.1, 0.15) is 27.7 Å². The van der Waals surface area contributed by atoms with Crippen LogP contribution in [0.5, 0.6) is 0 Å². The first-order chi connectivity index (χ1) is 5.03. The monoisotopic (exact) mass is 170 g/mol. The normalized spacial score (nSPS) is 46.7. The predicted molar refractivity (Wildman–Crippen MR) is 56.1 cm³/mol. The molecule has 0 bridgehead atoms. The zero-order chi connectivity index (χ0) is 8.70. The van der Waals surface area contributed by atoms with Gasteiger partial charge >= 0.3 is 0 Å². The van der Waals surface area contributed by atoms with Gasteiger partial charge in [-0.15, -0.1) is 0 Å². The van der Waals surface area contributed by atoms with Crippen molar-refractivity contribution >= 4 is 10.0 Å². The van der Waals surface area contributed by atoms with Gasteiger partial charge in [-0.25, -0.2) is 0 Å². The maximum Gasteiger partial charge on any atom is 0.0123 e. The lowest BCUT2D eigenvalue weighted by atomic mass is 10.2. The Labute approximate surface area is 71.7 Å². The van der Waals surface area contributed by atoms with E-state index >= 15 is 0 Å². The molecule has 0 aliphatic carbocycles. The Kier molecular flexibility index (Phi) is 1.96. The van der Waals surface area contributed by atoms with E-state index in [9.17, 15) is 0 Å². The van der Waals surface area contributed by atoms with Crippen LogP contribution >= 0.6 is 10.0 Å². The van der Waals surface area contributed by atoms with E-state index in [0.717, 1.165) is 5.25 Å². The standard InChI is InChI=1S/C10H18S/c1-6-8-11(7-2)9(3)10(11,4)5/h6-9H,2H2,1,3-5H3/b8-6-. The zero-order valence-corrected chi connectivity index (χ0v) is 8.74. The third kappa shape index (κ3) is 0.903. The van der Waals surface area contributed by atoms with Crippen LogP contribution in [-0.4, -0.2) is 10.00 Å². The van der Waals surface area contributed by atoms with Gasteiger partial charge in [-0.05, 0) is 17.7 Å². The fraction of sp³-hybridized carbons (Fsp3) is 0.600. The highest BCUT2D eigenvalue weighted by Gasteiger charge is 2.60. The molecule has 0 spiro atoms. The number of hydrogen-bond donors (Lipinski definition) is 0. The van der Waals surface area contributed by atoms with Gasteiger partial charge < -0.3 is 0 Å². The third-order valence-corrected chi connectivity index (χ3v) is 8.01. The average molecular weight is 170 g/mol. The van der Waals surface area contributed by atoms with Crippen LogP contribution in [0.15, 0.2) is 23.5 Å². The summed E-state index contributed by atoms with van der Waals surface area (Å²) in [4.78, 5) is 0. The van der Waals surface area contributed by atoms with Gasteiger partial charge in [0.25, 0.3) is 0 Å². The van der Waals surface area contributed by atoms with E-state index in [0.29, 0.717) is 4.75 Å². The first-order valence-corrected chi connectivity index (χ1v) is 5.92. The van der Waals surface area contributed by atoms with Crippen LogP contribution in [0.4, 0.5) is 0 Å². The molecule has 1 heterocycles. The summed E-state index contributed by atoms with van der Waals surface area (Å²) in [5, 5.41) is 5.37. The summed E-state index contributed by atoms with van der Waals surface area (Å²) in [7, 11) is -0.593. The lowest BCUT2D eigenvalue weighted by Gasteiger charge is -2.15. The SMILES string of the molecule is C=CS1(/C=C\C)C(C)C1(C)C. The minimum absolute atomic E-state index is 0.501. The number of allylic oxidation sites excluding steroid dienone is 1. The van der Waals surface area contributed by atoms with Crippen molar-refractivity contribution in [2.24, 2.45) is 0 Å².